The van der Waals surface area contributed by atoms with E-state index in [1.807, 2.05) is 60.7 Å². The first-order valence-corrected chi connectivity index (χ1v) is 7.45. The number of nitrogens with one attached hydrogen (secondary N) is 1. The first-order valence-electron chi connectivity index (χ1n) is 7.45. The van der Waals surface area contributed by atoms with Crippen molar-refractivity contribution in [2.24, 2.45) is 0 Å². The smallest absolute Gasteiger partial charge is 0.268 e. The van der Waals surface area contributed by atoms with Crippen molar-refractivity contribution in [2.75, 3.05) is 6.54 Å². The zero-order valence-corrected chi connectivity index (χ0v) is 12.5. The molecule has 0 heterocycles. The Kier molecular flexibility index (Phi) is 5.98. The third-order valence-electron chi connectivity index (χ3n) is 3.28. The van der Waals surface area contributed by atoms with Crippen molar-refractivity contribution in [3.05, 3.63) is 71.8 Å². The van der Waals surface area contributed by atoms with Crippen molar-refractivity contribution in [1.29, 1.82) is 0 Å². The lowest BCUT2D eigenvalue weighted by Gasteiger charge is -2.24. The molecule has 0 saturated heterocycles. The number of rotatable bonds is 7. The van der Waals surface area contributed by atoms with E-state index in [1.54, 1.807) is 5.01 Å². The highest BCUT2D eigenvalue weighted by molar-refractivity contribution is 5.93. The molecule has 0 aromatic heterocycles. The van der Waals surface area contributed by atoms with Gasteiger partial charge in [0.1, 0.15) is 0 Å². The lowest BCUT2D eigenvalue weighted by molar-refractivity contribution is 0.0639. The first kappa shape index (κ1) is 15.3. The molecule has 0 radical (unpaired) electrons. The van der Waals surface area contributed by atoms with E-state index in [0.29, 0.717) is 12.1 Å². The monoisotopic (exact) mass is 282 g/mol. The fraction of sp³-hybridized carbons (Fsp3) is 0.278. The molecule has 1 N–H and O–H groups in total. The quantitative estimate of drug-likeness (QED) is 0.621. The number of benzene rings is 2. The molecule has 3 nitrogen and oxygen atoms in total. The molecule has 1 amide bonds. The standard InChI is InChI=1S/C18H22N2O/c1-2-3-14-19-20(15-16-10-6-4-7-11-16)18(21)17-12-8-5-9-13-17/h4-13,19H,2-3,14-15H2,1H3. The second kappa shape index (κ2) is 8.22. The molecule has 0 fully saturated rings. The van der Waals surface area contributed by atoms with Crippen molar-refractivity contribution < 1.29 is 4.79 Å². The highest BCUT2D eigenvalue weighted by Gasteiger charge is 2.15. The van der Waals surface area contributed by atoms with E-state index >= 15 is 0 Å². The SMILES string of the molecule is CCCCNN(Cc1ccccc1)C(=O)c1ccccc1. The second-order valence-corrected chi connectivity index (χ2v) is 5.00. The molecular formula is C18H22N2O. The number of carbonyl (C=O) groups excluding carboxylic acids is 1. The lowest BCUT2D eigenvalue weighted by Crippen LogP contribution is -2.42. The van der Waals surface area contributed by atoms with Gasteiger partial charge in [-0.25, -0.2) is 5.43 Å². The van der Waals surface area contributed by atoms with Crippen molar-refractivity contribution in [2.45, 2.75) is 26.3 Å². The zero-order chi connectivity index (χ0) is 14.9. The predicted octanol–water partition coefficient (Wildman–Crippen LogP) is 3.63. The molecule has 0 unspecified atom stereocenters. The van der Waals surface area contributed by atoms with Gasteiger partial charge in [-0.2, -0.15) is 0 Å². The summed E-state index contributed by atoms with van der Waals surface area (Å²) in [5, 5.41) is 1.71. The Morgan fingerprint density at radius 1 is 1.00 bits per heavy atom. The maximum absolute atomic E-state index is 12.6. The van der Waals surface area contributed by atoms with E-state index in [9.17, 15) is 4.79 Å². The van der Waals surface area contributed by atoms with Gasteiger partial charge in [0.05, 0.1) is 6.54 Å². The Morgan fingerprint density at radius 3 is 2.24 bits per heavy atom. The van der Waals surface area contributed by atoms with Gasteiger partial charge in [0.15, 0.2) is 0 Å². The van der Waals surface area contributed by atoms with Crippen LogP contribution in [0.3, 0.4) is 0 Å². The predicted molar refractivity (Wildman–Crippen MR) is 85.7 cm³/mol. The maximum atomic E-state index is 12.6. The van der Waals surface area contributed by atoms with Crippen molar-refractivity contribution in [3.63, 3.8) is 0 Å². The van der Waals surface area contributed by atoms with Crippen LogP contribution >= 0.6 is 0 Å². The molecule has 3 heteroatoms. The van der Waals surface area contributed by atoms with Crippen LogP contribution in [0.5, 0.6) is 0 Å². The van der Waals surface area contributed by atoms with Crippen molar-refractivity contribution >= 4 is 5.91 Å². The van der Waals surface area contributed by atoms with Crippen LogP contribution in [0, 0.1) is 0 Å². The average molecular weight is 282 g/mol. The largest absolute Gasteiger partial charge is 0.269 e. The molecule has 0 bridgehead atoms. The molecule has 0 aliphatic rings. The van der Waals surface area contributed by atoms with E-state index in [2.05, 4.69) is 12.3 Å². The number of carbonyl (C=O) groups is 1. The van der Waals surface area contributed by atoms with E-state index in [1.165, 1.54) is 0 Å². The number of unbranched alkanes of at least 4 members (excludes halogenated alkanes) is 1. The zero-order valence-electron chi connectivity index (χ0n) is 12.5. The third kappa shape index (κ3) is 4.72. The Labute approximate surface area is 126 Å². The maximum Gasteiger partial charge on any atom is 0.268 e. The molecule has 110 valence electrons. The van der Waals surface area contributed by atoms with Crippen LogP contribution in [-0.2, 0) is 6.54 Å². The minimum atomic E-state index is 0.00977. The van der Waals surface area contributed by atoms with E-state index in [-0.39, 0.29) is 5.91 Å². The summed E-state index contributed by atoms with van der Waals surface area (Å²) in [5.41, 5.74) is 5.07. The normalized spacial score (nSPS) is 10.3. The summed E-state index contributed by atoms with van der Waals surface area (Å²) in [6.45, 7) is 3.52. The fourth-order valence-electron chi connectivity index (χ4n) is 2.09. The Bertz CT molecular complexity index is 540. The highest BCUT2D eigenvalue weighted by atomic mass is 16.2. The molecular weight excluding hydrogens is 260 g/mol. The minimum absolute atomic E-state index is 0.00977. The Morgan fingerprint density at radius 2 is 1.62 bits per heavy atom. The van der Waals surface area contributed by atoms with Crippen LogP contribution in [-0.4, -0.2) is 17.5 Å². The number of hydrogen-bond donors (Lipinski definition) is 1. The molecule has 0 aliphatic heterocycles. The molecule has 2 aromatic rings. The van der Waals surface area contributed by atoms with Gasteiger partial charge in [-0.15, -0.1) is 0 Å². The molecule has 0 atom stereocenters. The fourth-order valence-corrected chi connectivity index (χ4v) is 2.09. The van der Waals surface area contributed by atoms with E-state index in [4.69, 9.17) is 0 Å². The van der Waals surface area contributed by atoms with Gasteiger partial charge in [-0.3, -0.25) is 9.80 Å². The summed E-state index contributed by atoms with van der Waals surface area (Å²) in [6.07, 6.45) is 2.15. The number of nitrogens with zero attached hydrogens (tertiary/aromatic N) is 1. The first-order chi connectivity index (χ1) is 10.3. The summed E-state index contributed by atoms with van der Waals surface area (Å²) in [4.78, 5) is 12.6. The van der Waals surface area contributed by atoms with Gasteiger partial charge in [0.2, 0.25) is 0 Å². The molecule has 0 saturated carbocycles. The number of hydrazine groups is 1. The minimum Gasteiger partial charge on any atom is -0.269 e. The summed E-state index contributed by atoms with van der Waals surface area (Å²) in [6, 6.07) is 19.4. The molecule has 2 rings (SSSR count). The number of hydrogen-bond acceptors (Lipinski definition) is 2. The van der Waals surface area contributed by atoms with Gasteiger partial charge < -0.3 is 0 Å². The average Bonchev–Trinajstić information content (AvgIpc) is 2.55. The van der Waals surface area contributed by atoms with E-state index in [0.717, 1.165) is 24.9 Å². The van der Waals surface area contributed by atoms with Crippen molar-refractivity contribution in [1.82, 2.24) is 10.4 Å². The van der Waals surface area contributed by atoms with E-state index < -0.39 is 0 Å². The van der Waals surface area contributed by atoms with Gasteiger partial charge in [0, 0.05) is 12.1 Å². The summed E-state index contributed by atoms with van der Waals surface area (Å²) >= 11 is 0. The van der Waals surface area contributed by atoms with Gasteiger partial charge in [-0.1, -0.05) is 61.9 Å². The lowest BCUT2D eigenvalue weighted by atomic mass is 10.2. The van der Waals surface area contributed by atoms with Crippen molar-refractivity contribution in [3.8, 4) is 0 Å². The molecule has 0 spiro atoms. The molecule has 21 heavy (non-hydrogen) atoms. The summed E-state index contributed by atoms with van der Waals surface area (Å²) in [7, 11) is 0. The van der Waals surface area contributed by atoms with Crippen LogP contribution in [0.2, 0.25) is 0 Å². The van der Waals surface area contributed by atoms with Crippen LogP contribution in [0.1, 0.15) is 35.7 Å². The van der Waals surface area contributed by atoms with Crippen LogP contribution in [0.15, 0.2) is 60.7 Å². The Hall–Kier alpha value is -2.13. The van der Waals surface area contributed by atoms with Gasteiger partial charge >= 0.3 is 0 Å². The molecule has 0 aliphatic carbocycles. The van der Waals surface area contributed by atoms with Crippen LogP contribution in [0.25, 0.3) is 0 Å². The third-order valence-corrected chi connectivity index (χ3v) is 3.28. The van der Waals surface area contributed by atoms with Crippen LogP contribution < -0.4 is 5.43 Å². The second-order valence-electron chi connectivity index (χ2n) is 5.00. The summed E-state index contributed by atoms with van der Waals surface area (Å²) < 4.78 is 0. The van der Waals surface area contributed by atoms with Gasteiger partial charge in [0.25, 0.3) is 5.91 Å². The topological polar surface area (TPSA) is 32.3 Å². The number of amides is 1. The summed E-state index contributed by atoms with van der Waals surface area (Å²) in [5.74, 6) is 0.00977. The Balaban J connectivity index is 2.09. The molecule has 2 aromatic carbocycles. The highest BCUT2D eigenvalue weighted by Crippen LogP contribution is 2.08. The van der Waals surface area contributed by atoms with Gasteiger partial charge in [-0.05, 0) is 24.1 Å². The van der Waals surface area contributed by atoms with Crippen LogP contribution in [0.4, 0.5) is 0 Å².